The number of rotatable bonds is 8. The van der Waals surface area contributed by atoms with Crippen molar-refractivity contribution in [2.24, 2.45) is 0 Å². The van der Waals surface area contributed by atoms with Gasteiger partial charge in [-0.1, -0.05) is 23.7 Å². The van der Waals surface area contributed by atoms with Crippen LogP contribution in [0.5, 0.6) is 0 Å². The molecule has 2 aromatic rings. The minimum absolute atomic E-state index is 0.0517. The van der Waals surface area contributed by atoms with E-state index in [0.717, 1.165) is 23.6 Å². The molecule has 4 nitrogen and oxygen atoms in total. The zero-order chi connectivity index (χ0) is 15.6. The largest absolute Gasteiger partial charge is 0.352 e. The van der Waals surface area contributed by atoms with Crippen LogP contribution in [0.4, 0.5) is 0 Å². The lowest BCUT2D eigenvalue weighted by Crippen LogP contribution is -2.28. The van der Waals surface area contributed by atoms with Crippen molar-refractivity contribution >= 4 is 17.5 Å². The second-order valence-electron chi connectivity index (χ2n) is 5.01. The Morgan fingerprint density at radius 2 is 1.73 bits per heavy atom. The van der Waals surface area contributed by atoms with Crippen molar-refractivity contribution in [2.75, 3.05) is 13.1 Å². The first kappa shape index (κ1) is 16.5. The molecular formula is C17H20ClN3O. The van der Waals surface area contributed by atoms with E-state index in [1.807, 2.05) is 36.4 Å². The van der Waals surface area contributed by atoms with Gasteiger partial charge in [-0.3, -0.25) is 9.78 Å². The van der Waals surface area contributed by atoms with Crippen molar-refractivity contribution in [1.82, 2.24) is 15.6 Å². The van der Waals surface area contributed by atoms with Gasteiger partial charge in [-0.05, 0) is 48.4 Å². The molecule has 22 heavy (non-hydrogen) atoms. The highest BCUT2D eigenvalue weighted by molar-refractivity contribution is 6.30. The van der Waals surface area contributed by atoms with Gasteiger partial charge in [0, 0.05) is 36.9 Å². The molecule has 1 aromatic carbocycles. The topological polar surface area (TPSA) is 54.0 Å². The first-order valence-electron chi connectivity index (χ1n) is 7.35. The fraction of sp³-hybridized carbons (Fsp3) is 0.294. The van der Waals surface area contributed by atoms with E-state index >= 15 is 0 Å². The molecule has 0 atom stereocenters. The van der Waals surface area contributed by atoms with Crippen LogP contribution in [-0.2, 0) is 17.8 Å². The molecular weight excluding hydrogens is 298 g/mol. The predicted molar refractivity (Wildman–Crippen MR) is 88.7 cm³/mol. The number of amides is 1. The monoisotopic (exact) mass is 317 g/mol. The first-order valence-corrected chi connectivity index (χ1v) is 7.72. The van der Waals surface area contributed by atoms with Gasteiger partial charge in [0.15, 0.2) is 0 Å². The number of hydrogen-bond acceptors (Lipinski definition) is 3. The molecule has 0 aliphatic rings. The van der Waals surface area contributed by atoms with Crippen LogP contribution in [-0.4, -0.2) is 24.0 Å². The average molecular weight is 318 g/mol. The predicted octanol–water partition coefficient (Wildman–Crippen LogP) is 2.57. The molecule has 1 heterocycles. The van der Waals surface area contributed by atoms with Crippen LogP contribution in [0.2, 0.25) is 5.02 Å². The van der Waals surface area contributed by atoms with Crippen molar-refractivity contribution in [1.29, 1.82) is 0 Å². The van der Waals surface area contributed by atoms with Gasteiger partial charge >= 0.3 is 0 Å². The van der Waals surface area contributed by atoms with Gasteiger partial charge in [-0.25, -0.2) is 0 Å². The van der Waals surface area contributed by atoms with Crippen LogP contribution in [0, 0.1) is 0 Å². The first-order chi connectivity index (χ1) is 10.7. The molecule has 2 rings (SSSR count). The molecule has 0 aliphatic heterocycles. The van der Waals surface area contributed by atoms with Crippen LogP contribution in [0.25, 0.3) is 0 Å². The average Bonchev–Trinajstić information content (AvgIpc) is 2.55. The summed E-state index contributed by atoms with van der Waals surface area (Å²) in [7, 11) is 0. The van der Waals surface area contributed by atoms with Gasteiger partial charge in [0.25, 0.3) is 0 Å². The summed E-state index contributed by atoms with van der Waals surface area (Å²) in [5.74, 6) is 0.0517. The Bertz CT molecular complexity index is 572. The second-order valence-corrected chi connectivity index (χ2v) is 5.45. The van der Waals surface area contributed by atoms with Crippen molar-refractivity contribution in [3.05, 3.63) is 64.9 Å². The molecule has 0 aliphatic carbocycles. The summed E-state index contributed by atoms with van der Waals surface area (Å²) >= 11 is 5.84. The van der Waals surface area contributed by atoms with Crippen LogP contribution in [0.3, 0.4) is 0 Å². The highest BCUT2D eigenvalue weighted by atomic mass is 35.5. The van der Waals surface area contributed by atoms with Gasteiger partial charge in [-0.15, -0.1) is 0 Å². The Morgan fingerprint density at radius 3 is 2.45 bits per heavy atom. The van der Waals surface area contributed by atoms with E-state index in [1.54, 1.807) is 12.4 Å². The zero-order valence-electron chi connectivity index (χ0n) is 12.4. The van der Waals surface area contributed by atoms with Crippen molar-refractivity contribution < 1.29 is 4.79 Å². The summed E-state index contributed by atoms with van der Waals surface area (Å²) in [5.41, 5.74) is 2.29. The number of aromatic nitrogens is 1. The van der Waals surface area contributed by atoms with Crippen LogP contribution >= 0.6 is 11.6 Å². The van der Waals surface area contributed by atoms with E-state index in [2.05, 4.69) is 15.6 Å². The molecule has 0 fully saturated rings. The van der Waals surface area contributed by atoms with Gasteiger partial charge in [-0.2, -0.15) is 0 Å². The molecule has 1 aromatic heterocycles. The Hall–Kier alpha value is -1.91. The summed E-state index contributed by atoms with van der Waals surface area (Å²) in [6, 6.07) is 11.6. The minimum atomic E-state index is 0.0517. The summed E-state index contributed by atoms with van der Waals surface area (Å²) in [6.45, 7) is 2.07. The molecule has 0 radical (unpaired) electrons. The third-order valence-corrected chi connectivity index (χ3v) is 3.52. The number of carbonyl (C=O) groups is 1. The lowest BCUT2D eigenvalue weighted by Gasteiger charge is -2.07. The molecule has 0 saturated carbocycles. The van der Waals surface area contributed by atoms with Crippen molar-refractivity contribution in [3.8, 4) is 0 Å². The van der Waals surface area contributed by atoms with E-state index in [9.17, 15) is 4.79 Å². The summed E-state index contributed by atoms with van der Waals surface area (Å²) in [5, 5.41) is 6.92. The van der Waals surface area contributed by atoms with Gasteiger partial charge in [0.1, 0.15) is 0 Å². The quantitative estimate of drug-likeness (QED) is 0.736. The van der Waals surface area contributed by atoms with E-state index < -0.39 is 0 Å². The summed E-state index contributed by atoms with van der Waals surface area (Å²) < 4.78 is 0. The maximum absolute atomic E-state index is 11.7. The van der Waals surface area contributed by atoms with Gasteiger partial charge in [0.2, 0.25) is 5.91 Å². The molecule has 0 bridgehead atoms. The standard InChI is InChI=1S/C17H20ClN3O/c18-16-3-1-14(2-4-16)5-9-20-12-8-17(22)21-13-15-6-10-19-11-7-15/h1-4,6-7,10-11,20H,5,8-9,12-13H2,(H,21,22). The van der Waals surface area contributed by atoms with Crippen LogP contribution in [0.1, 0.15) is 17.5 Å². The van der Waals surface area contributed by atoms with E-state index in [4.69, 9.17) is 11.6 Å². The number of nitrogens with zero attached hydrogens (tertiary/aromatic N) is 1. The highest BCUT2D eigenvalue weighted by Gasteiger charge is 2.01. The molecule has 0 spiro atoms. The molecule has 2 N–H and O–H groups in total. The number of benzene rings is 1. The van der Waals surface area contributed by atoms with E-state index in [-0.39, 0.29) is 5.91 Å². The fourth-order valence-electron chi connectivity index (χ4n) is 2.00. The number of pyridine rings is 1. The molecule has 116 valence electrons. The van der Waals surface area contributed by atoms with Crippen molar-refractivity contribution in [2.45, 2.75) is 19.4 Å². The van der Waals surface area contributed by atoms with Crippen LogP contribution in [0.15, 0.2) is 48.8 Å². The Morgan fingerprint density at radius 1 is 1.00 bits per heavy atom. The Labute approximate surface area is 135 Å². The fourth-order valence-corrected chi connectivity index (χ4v) is 2.13. The molecule has 5 heteroatoms. The molecule has 0 unspecified atom stereocenters. The highest BCUT2D eigenvalue weighted by Crippen LogP contribution is 2.09. The molecule has 1 amide bonds. The third-order valence-electron chi connectivity index (χ3n) is 3.27. The van der Waals surface area contributed by atoms with Gasteiger partial charge < -0.3 is 10.6 Å². The number of halogens is 1. The number of nitrogens with one attached hydrogen (secondary N) is 2. The molecule has 0 saturated heterocycles. The number of carbonyl (C=O) groups excluding carboxylic acids is 1. The lowest BCUT2D eigenvalue weighted by atomic mass is 10.1. The maximum atomic E-state index is 11.7. The zero-order valence-corrected chi connectivity index (χ0v) is 13.1. The third kappa shape index (κ3) is 6.24. The van der Waals surface area contributed by atoms with Crippen molar-refractivity contribution in [3.63, 3.8) is 0 Å². The van der Waals surface area contributed by atoms with E-state index in [0.29, 0.717) is 19.5 Å². The lowest BCUT2D eigenvalue weighted by molar-refractivity contribution is -0.121. The normalized spacial score (nSPS) is 10.4. The summed E-state index contributed by atoms with van der Waals surface area (Å²) in [6.07, 6.45) is 4.85. The van der Waals surface area contributed by atoms with Gasteiger partial charge in [0.05, 0.1) is 0 Å². The summed E-state index contributed by atoms with van der Waals surface area (Å²) in [4.78, 5) is 15.6. The maximum Gasteiger partial charge on any atom is 0.221 e. The smallest absolute Gasteiger partial charge is 0.221 e. The minimum Gasteiger partial charge on any atom is -0.352 e. The Balaban J connectivity index is 1.54. The SMILES string of the molecule is O=C(CCNCCc1ccc(Cl)cc1)NCc1ccncc1. The van der Waals surface area contributed by atoms with Crippen LogP contribution < -0.4 is 10.6 Å². The number of hydrogen-bond donors (Lipinski definition) is 2. The Kier molecular flexibility index (Phi) is 6.87. The van der Waals surface area contributed by atoms with E-state index in [1.165, 1.54) is 5.56 Å². The second kappa shape index (κ2) is 9.18.